The van der Waals surface area contributed by atoms with E-state index < -0.39 is 97.5 Å². The minimum Gasteiger partial charge on any atom is -0.462 e. The fraction of sp³-hybridized carbons (Fsp3) is 0.941. The number of phosphoric acid groups is 2. The lowest BCUT2D eigenvalue weighted by Gasteiger charge is -2.21. The summed E-state index contributed by atoms with van der Waals surface area (Å²) in [6, 6.07) is 0. The van der Waals surface area contributed by atoms with Crippen molar-refractivity contribution in [3.05, 3.63) is 0 Å². The second-order valence-corrected chi connectivity index (χ2v) is 28.9. The van der Waals surface area contributed by atoms with E-state index in [4.69, 9.17) is 37.0 Å². The lowest BCUT2D eigenvalue weighted by atomic mass is 9.99. The van der Waals surface area contributed by atoms with Crippen LogP contribution < -0.4 is 0 Å². The Balaban J connectivity index is 5.23. The Morgan fingerprint density at radius 1 is 0.322 bits per heavy atom. The number of carbonyl (C=O) groups excluding carboxylic acids is 4. The lowest BCUT2D eigenvalue weighted by Crippen LogP contribution is -2.30. The number of unbranched alkanes of at least 4 members (excludes halogenated alkanes) is 29. The molecule has 0 rings (SSSR count). The summed E-state index contributed by atoms with van der Waals surface area (Å²) in [5.41, 5.74) is 0. The molecular weight excluding hydrogens is 1150 g/mol. The van der Waals surface area contributed by atoms with Crippen LogP contribution in [-0.4, -0.2) is 96.7 Å². The molecule has 0 aliphatic carbocycles. The second-order valence-electron chi connectivity index (χ2n) is 26.0. The molecule has 87 heavy (non-hydrogen) atoms. The maximum atomic E-state index is 13.0. The molecule has 4 unspecified atom stereocenters. The van der Waals surface area contributed by atoms with Crippen molar-refractivity contribution >= 4 is 39.5 Å². The van der Waals surface area contributed by atoms with Crippen molar-refractivity contribution < 1.29 is 80.2 Å². The minimum atomic E-state index is -4.95. The van der Waals surface area contributed by atoms with Crippen LogP contribution in [0.5, 0.6) is 0 Å². The maximum absolute atomic E-state index is 13.0. The van der Waals surface area contributed by atoms with Crippen LogP contribution in [0, 0.1) is 23.7 Å². The number of carbonyl (C=O) groups is 4. The topological polar surface area (TPSA) is 237 Å². The van der Waals surface area contributed by atoms with Crippen LogP contribution in [0.25, 0.3) is 0 Å². The molecule has 0 fully saturated rings. The van der Waals surface area contributed by atoms with Crippen LogP contribution in [0.2, 0.25) is 0 Å². The highest BCUT2D eigenvalue weighted by Gasteiger charge is 2.30. The fourth-order valence-corrected chi connectivity index (χ4v) is 11.7. The van der Waals surface area contributed by atoms with Gasteiger partial charge in [-0.25, -0.2) is 9.13 Å². The van der Waals surface area contributed by atoms with Gasteiger partial charge in [-0.05, 0) is 49.4 Å². The predicted molar refractivity (Wildman–Crippen MR) is 349 cm³/mol. The van der Waals surface area contributed by atoms with Gasteiger partial charge >= 0.3 is 39.5 Å². The standard InChI is InChI=1S/C68H132O17P2/c1-9-60(7)46-38-30-21-18-19-23-34-42-50-67(72)84-63(54-78-65(70)48-40-32-22-17-15-13-11-12-14-16-20-28-36-44-58(3)4)56-82-86(74,75)80-52-62(69)53-81-87(76,77)83-57-64(85-68(73)51-43-35-26-24-29-37-45-59(5)6)55-79-66(71)49-41-33-27-25-31-39-47-61(8)10-2/h58-64,69H,9-57H2,1-8H3,(H,74,75)(H,76,77)/t60?,61?,62-,63-,64-/m1/s1. The predicted octanol–water partition coefficient (Wildman–Crippen LogP) is 18.9. The molecule has 0 saturated carbocycles. The molecule has 0 amide bonds. The van der Waals surface area contributed by atoms with E-state index in [0.29, 0.717) is 31.6 Å². The second kappa shape index (κ2) is 57.9. The first-order valence-corrected chi connectivity index (χ1v) is 38.3. The minimum absolute atomic E-state index is 0.101. The largest absolute Gasteiger partial charge is 0.472 e. The molecule has 0 aromatic carbocycles. The van der Waals surface area contributed by atoms with Crippen molar-refractivity contribution in [1.82, 2.24) is 0 Å². The Kier molecular flexibility index (Phi) is 56.6. The van der Waals surface area contributed by atoms with Gasteiger partial charge in [0.1, 0.15) is 19.3 Å². The number of hydrogen-bond acceptors (Lipinski definition) is 15. The quantitative estimate of drug-likeness (QED) is 0.0222. The zero-order valence-electron chi connectivity index (χ0n) is 56.6. The first kappa shape index (κ1) is 85.1. The van der Waals surface area contributed by atoms with Gasteiger partial charge in [0.2, 0.25) is 0 Å². The highest BCUT2D eigenvalue weighted by Crippen LogP contribution is 2.45. The van der Waals surface area contributed by atoms with E-state index in [9.17, 15) is 43.2 Å². The molecular formula is C68H132O17P2. The first-order valence-electron chi connectivity index (χ1n) is 35.3. The molecule has 0 radical (unpaired) electrons. The van der Waals surface area contributed by atoms with Gasteiger partial charge in [0.25, 0.3) is 0 Å². The number of esters is 4. The smallest absolute Gasteiger partial charge is 0.462 e. The van der Waals surface area contributed by atoms with E-state index in [2.05, 4.69) is 55.4 Å². The van der Waals surface area contributed by atoms with Crippen LogP contribution in [0.15, 0.2) is 0 Å². The normalized spacial score (nSPS) is 15.0. The molecule has 0 saturated heterocycles. The molecule has 0 aromatic rings. The van der Waals surface area contributed by atoms with Crippen molar-refractivity contribution in [3.63, 3.8) is 0 Å². The summed E-state index contributed by atoms with van der Waals surface area (Å²) >= 11 is 0. The van der Waals surface area contributed by atoms with E-state index in [-0.39, 0.29) is 25.7 Å². The van der Waals surface area contributed by atoms with Crippen molar-refractivity contribution in [1.29, 1.82) is 0 Å². The highest BCUT2D eigenvalue weighted by molar-refractivity contribution is 7.47. The van der Waals surface area contributed by atoms with E-state index >= 15 is 0 Å². The Morgan fingerprint density at radius 2 is 0.552 bits per heavy atom. The van der Waals surface area contributed by atoms with E-state index in [1.165, 1.54) is 128 Å². The average Bonchev–Trinajstić information content (AvgIpc) is 3.57. The van der Waals surface area contributed by atoms with Crippen LogP contribution in [0.1, 0.15) is 331 Å². The zero-order valence-corrected chi connectivity index (χ0v) is 58.4. The van der Waals surface area contributed by atoms with Gasteiger partial charge in [0, 0.05) is 25.7 Å². The third-order valence-electron chi connectivity index (χ3n) is 16.3. The van der Waals surface area contributed by atoms with E-state index in [1.807, 2.05) is 0 Å². The van der Waals surface area contributed by atoms with Gasteiger partial charge < -0.3 is 33.8 Å². The lowest BCUT2D eigenvalue weighted by molar-refractivity contribution is -0.161. The highest BCUT2D eigenvalue weighted by atomic mass is 31.2. The van der Waals surface area contributed by atoms with Crippen molar-refractivity contribution in [2.45, 2.75) is 350 Å². The van der Waals surface area contributed by atoms with Crippen LogP contribution in [0.4, 0.5) is 0 Å². The molecule has 7 atom stereocenters. The van der Waals surface area contributed by atoms with Gasteiger partial charge in [-0.15, -0.1) is 0 Å². The Labute approximate surface area is 530 Å². The molecule has 0 spiro atoms. The molecule has 516 valence electrons. The van der Waals surface area contributed by atoms with Crippen LogP contribution in [-0.2, 0) is 65.4 Å². The van der Waals surface area contributed by atoms with Crippen molar-refractivity contribution in [2.75, 3.05) is 39.6 Å². The Hall–Kier alpha value is -1.94. The number of aliphatic hydroxyl groups is 1. The number of aliphatic hydroxyl groups excluding tert-OH is 1. The van der Waals surface area contributed by atoms with Crippen LogP contribution >= 0.6 is 15.6 Å². The summed E-state index contributed by atoms with van der Waals surface area (Å²) in [4.78, 5) is 72.4. The molecule has 3 N–H and O–H groups in total. The van der Waals surface area contributed by atoms with Gasteiger partial charge in [-0.2, -0.15) is 0 Å². The molecule has 17 nitrogen and oxygen atoms in total. The average molecular weight is 1280 g/mol. The van der Waals surface area contributed by atoms with Gasteiger partial charge in [-0.1, -0.05) is 280 Å². The molecule has 0 aliphatic rings. The number of rotatable bonds is 65. The van der Waals surface area contributed by atoms with Gasteiger partial charge in [0.05, 0.1) is 26.4 Å². The summed E-state index contributed by atoms with van der Waals surface area (Å²) in [6.07, 6.45) is 39.1. The molecule has 19 heteroatoms. The third-order valence-corrected chi connectivity index (χ3v) is 18.2. The number of phosphoric ester groups is 2. The Bertz CT molecular complexity index is 1730. The monoisotopic (exact) mass is 1280 g/mol. The summed E-state index contributed by atoms with van der Waals surface area (Å²) in [6.45, 7) is 14.0. The molecule has 0 heterocycles. The SMILES string of the molecule is CCC(C)CCCCCCCCCCC(=O)O[C@H](COC(=O)CCCCCCCCCCCCCCCC(C)C)COP(=O)(O)OC[C@@H](O)COP(=O)(O)OC[C@@H](COC(=O)CCCCCCCCC(C)CC)OC(=O)CCCCCCCCC(C)C. The van der Waals surface area contributed by atoms with Gasteiger partial charge in [-0.3, -0.25) is 37.3 Å². The summed E-state index contributed by atoms with van der Waals surface area (Å²) in [7, 11) is -9.90. The third kappa shape index (κ3) is 60.1. The molecule has 0 bridgehead atoms. The molecule has 0 aromatic heterocycles. The van der Waals surface area contributed by atoms with E-state index in [0.717, 1.165) is 114 Å². The van der Waals surface area contributed by atoms with E-state index in [1.54, 1.807) is 0 Å². The maximum Gasteiger partial charge on any atom is 0.472 e. The summed E-state index contributed by atoms with van der Waals surface area (Å²) in [5.74, 6) is 0.823. The number of hydrogen-bond donors (Lipinski definition) is 3. The zero-order chi connectivity index (χ0) is 64.7. The van der Waals surface area contributed by atoms with Gasteiger partial charge in [0.15, 0.2) is 12.2 Å². The molecule has 0 aliphatic heterocycles. The Morgan fingerprint density at radius 3 is 0.816 bits per heavy atom. The summed E-state index contributed by atoms with van der Waals surface area (Å²) in [5, 5.41) is 10.6. The van der Waals surface area contributed by atoms with Crippen molar-refractivity contribution in [3.8, 4) is 0 Å². The number of ether oxygens (including phenoxy) is 4. The summed E-state index contributed by atoms with van der Waals surface area (Å²) < 4.78 is 68.1. The van der Waals surface area contributed by atoms with Crippen LogP contribution in [0.3, 0.4) is 0 Å². The fourth-order valence-electron chi connectivity index (χ4n) is 10.1. The van der Waals surface area contributed by atoms with Crippen molar-refractivity contribution in [2.24, 2.45) is 23.7 Å². The first-order chi connectivity index (χ1) is 41.7.